The summed E-state index contributed by atoms with van der Waals surface area (Å²) >= 11 is 0. The summed E-state index contributed by atoms with van der Waals surface area (Å²) in [5, 5.41) is 11.5. The Morgan fingerprint density at radius 1 is 1.27 bits per heavy atom. The van der Waals surface area contributed by atoms with E-state index >= 15 is 0 Å². The molecule has 5 rings (SSSR count). The summed E-state index contributed by atoms with van der Waals surface area (Å²) in [5.41, 5.74) is 2.98. The number of aromatic nitrogens is 1. The minimum Gasteiger partial charge on any atom is -0.493 e. The molecule has 2 aromatic rings. The van der Waals surface area contributed by atoms with Crippen molar-refractivity contribution in [2.24, 2.45) is 11.3 Å². The third-order valence-electron chi connectivity index (χ3n) is 8.08. The molecule has 2 fully saturated rings. The van der Waals surface area contributed by atoms with Gasteiger partial charge in [0.15, 0.2) is 11.2 Å². The summed E-state index contributed by atoms with van der Waals surface area (Å²) < 4.78 is 8.31. The lowest BCUT2D eigenvalue weighted by molar-refractivity contribution is 0.0237. The summed E-state index contributed by atoms with van der Waals surface area (Å²) in [5.74, 6) is 0.779. The van der Waals surface area contributed by atoms with Gasteiger partial charge in [-0.15, -0.1) is 0 Å². The zero-order valence-electron chi connectivity index (χ0n) is 19.9. The molecule has 3 aliphatic rings. The summed E-state index contributed by atoms with van der Waals surface area (Å²) in [6, 6.07) is 10.3. The minimum atomic E-state index is -0.239. The first-order chi connectivity index (χ1) is 15.7. The number of carbonyl (C=O) groups is 1. The van der Waals surface area contributed by atoms with Crippen molar-refractivity contribution >= 4 is 5.78 Å². The van der Waals surface area contributed by atoms with Crippen molar-refractivity contribution in [3.63, 3.8) is 0 Å². The number of fused-ring (bicyclic) bond motifs is 6. The molecule has 6 nitrogen and oxygen atoms in total. The van der Waals surface area contributed by atoms with Crippen LogP contribution in [0.3, 0.4) is 0 Å². The van der Waals surface area contributed by atoms with Gasteiger partial charge in [-0.25, -0.2) is 0 Å². The molecule has 0 bridgehead atoms. The van der Waals surface area contributed by atoms with Crippen molar-refractivity contribution in [1.82, 2.24) is 4.68 Å². The van der Waals surface area contributed by atoms with Crippen LogP contribution in [0.25, 0.3) is 11.3 Å². The van der Waals surface area contributed by atoms with Gasteiger partial charge in [-0.1, -0.05) is 6.92 Å². The first-order valence-corrected chi connectivity index (χ1v) is 11.9. The second-order valence-corrected chi connectivity index (χ2v) is 10.7. The maximum atomic E-state index is 12.7. The smallest absolute Gasteiger partial charge is 0.193 e. The van der Waals surface area contributed by atoms with Gasteiger partial charge in [-0.2, -0.15) is 5.26 Å². The lowest BCUT2D eigenvalue weighted by atomic mass is 9.61. The van der Waals surface area contributed by atoms with Crippen LogP contribution in [-0.2, 0) is 0 Å². The topological polar surface area (TPSA) is 75.3 Å². The second kappa shape index (κ2) is 7.48. The quantitative estimate of drug-likeness (QED) is 0.606. The van der Waals surface area contributed by atoms with E-state index in [1.165, 1.54) is 12.5 Å². The van der Waals surface area contributed by atoms with Gasteiger partial charge in [0.25, 0.3) is 0 Å². The maximum absolute atomic E-state index is 12.7. The number of carbonyl (C=O) groups excluding carboxylic acids is 1. The number of rotatable bonds is 5. The fourth-order valence-corrected chi connectivity index (χ4v) is 6.01. The Hall–Kier alpha value is -3.07. The highest BCUT2D eigenvalue weighted by Crippen LogP contribution is 2.50. The summed E-state index contributed by atoms with van der Waals surface area (Å²) in [6.07, 6.45) is 6.55. The van der Waals surface area contributed by atoms with Gasteiger partial charge in [0, 0.05) is 29.2 Å². The van der Waals surface area contributed by atoms with E-state index in [9.17, 15) is 9.59 Å². The van der Waals surface area contributed by atoms with Crippen molar-refractivity contribution in [3.05, 3.63) is 51.8 Å². The van der Waals surface area contributed by atoms with Gasteiger partial charge < -0.3 is 4.74 Å². The molecule has 2 aliphatic heterocycles. The highest BCUT2D eigenvalue weighted by molar-refractivity contribution is 5.94. The third-order valence-corrected chi connectivity index (χ3v) is 8.08. The standard InChI is InChI=1S/C27H31N3O3/c1-5-27(12-18(13-27)14-28)16-33-19-6-7-20-21(10-19)23-8-9-26(3,4)30(23)29-15-22(17(2)31)25(32)11-24(20)29/h6-7,10-11,15,18,23H,5,8-9,12-13,16H2,1-4H3/t18?,23-,27?/m1/s1. The number of nitrogens with zero attached hydrogens (tertiary/aromatic N) is 3. The SMILES string of the molecule is CCC1(COc2ccc3c(c2)[C@H]2CCC(C)(C)N2n2cc(C(C)=O)c(=O)cc2-3)CC(C#N)C1. The van der Waals surface area contributed by atoms with Gasteiger partial charge in [0.1, 0.15) is 5.75 Å². The number of benzene rings is 1. The minimum absolute atomic E-state index is 0.0979. The van der Waals surface area contributed by atoms with Crippen LogP contribution in [0, 0.1) is 22.7 Å². The zero-order valence-corrected chi connectivity index (χ0v) is 19.9. The van der Waals surface area contributed by atoms with Gasteiger partial charge >= 0.3 is 0 Å². The Bertz CT molecular complexity index is 1230. The summed E-state index contributed by atoms with van der Waals surface area (Å²) in [6.45, 7) is 8.66. The molecule has 0 N–H and O–H groups in total. The molecule has 33 heavy (non-hydrogen) atoms. The number of nitriles is 1. The average molecular weight is 446 g/mol. The number of ketones is 1. The molecule has 6 heteroatoms. The van der Waals surface area contributed by atoms with Crippen molar-refractivity contribution in [1.29, 1.82) is 5.26 Å². The molecular weight excluding hydrogens is 414 g/mol. The molecule has 1 saturated carbocycles. The van der Waals surface area contributed by atoms with Crippen LogP contribution >= 0.6 is 0 Å². The van der Waals surface area contributed by atoms with E-state index in [-0.39, 0.29) is 39.7 Å². The molecule has 1 aromatic heterocycles. The average Bonchev–Trinajstić information content (AvgIpc) is 3.08. The number of ether oxygens (including phenoxy) is 1. The molecule has 1 atom stereocenters. The largest absolute Gasteiger partial charge is 0.493 e. The number of pyridine rings is 1. The molecular formula is C27H31N3O3. The predicted octanol–water partition coefficient (Wildman–Crippen LogP) is 4.99. The Kier molecular flexibility index (Phi) is 4.93. The van der Waals surface area contributed by atoms with Crippen LogP contribution < -0.4 is 15.2 Å². The molecule has 1 aromatic carbocycles. The first-order valence-electron chi connectivity index (χ1n) is 11.9. The van der Waals surface area contributed by atoms with E-state index in [0.29, 0.717) is 6.61 Å². The molecule has 1 saturated heterocycles. The van der Waals surface area contributed by atoms with Gasteiger partial charge in [-0.05, 0) is 76.6 Å². The van der Waals surface area contributed by atoms with Gasteiger partial charge in [0.05, 0.1) is 35.5 Å². The molecule has 0 amide bonds. The molecule has 0 unspecified atom stereocenters. The van der Waals surface area contributed by atoms with Crippen molar-refractivity contribution < 1.29 is 9.53 Å². The summed E-state index contributed by atoms with van der Waals surface area (Å²) in [4.78, 5) is 24.8. The van der Waals surface area contributed by atoms with Gasteiger partial charge in [-0.3, -0.25) is 19.3 Å². The molecule has 172 valence electrons. The van der Waals surface area contributed by atoms with E-state index in [4.69, 9.17) is 10.00 Å². The Morgan fingerprint density at radius 2 is 2.03 bits per heavy atom. The number of hydrogen-bond acceptors (Lipinski definition) is 5. The van der Waals surface area contributed by atoms with Crippen LogP contribution in [-0.4, -0.2) is 22.6 Å². The van der Waals surface area contributed by atoms with E-state index in [2.05, 4.69) is 37.9 Å². The fraction of sp³-hybridized carbons (Fsp3) is 0.519. The van der Waals surface area contributed by atoms with E-state index in [1.807, 2.05) is 16.8 Å². The maximum Gasteiger partial charge on any atom is 0.193 e. The Balaban J connectivity index is 1.53. The predicted molar refractivity (Wildman–Crippen MR) is 127 cm³/mol. The van der Waals surface area contributed by atoms with Crippen molar-refractivity contribution in [2.75, 3.05) is 11.6 Å². The lowest BCUT2D eigenvalue weighted by Crippen LogP contribution is -2.50. The molecule has 0 spiro atoms. The van der Waals surface area contributed by atoms with E-state index in [0.717, 1.165) is 49.1 Å². The molecule has 3 heterocycles. The van der Waals surface area contributed by atoms with E-state index in [1.54, 1.807) is 12.3 Å². The third kappa shape index (κ3) is 3.37. The lowest BCUT2D eigenvalue weighted by Gasteiger charge is -2.45. The molecule has 0 radical (unpaired) electrons. The normalized spacial score (nSPS) is 26.5. The Labute approximate surface area is 194 Å². The number of Topliss-reactive ketones (excluding diaryl/α,β-unsaturated/α-hetero) is 1. The first kappa shape index (κ1) is 21.8. The second-order valence-electron chi connectivity index (χ2n) is 10.7. The monoisotopic (exact) mass is 445 g/mol. The van der Waals surface area contributed by atoms with Crippen molar-refractivity contribution in [2.45, 2.75) is 71.4 Å². The number of hydrogen-bond donors (Lipinski definition) is 0. The van der Waals surface area contributed by atoms with Crippen LogP contribution in [0.1, 0.15) is 81.8 Å². The molecule has 1 aliphatic carbocycles. The summed E-state index contributed by atoms with van der Waals surface area (Å²) in [7, 11) is 0. The van der Waals surface area contributed by atoms with Crippen LogP contribution in [0.2, 0.25) is 0 Å². The van der Waals surface area contributed by atoms with Crippen LogP contribution in [0.4, 0.5) is 0 Å². The van der Waals surface area contributed by atoms with Crippen LogP contribution in [0.5, 0.6) is 5.75 Å². The highest BCUT2D eigenvalue weighted by atomic mass is 16.5. The van der Waals surface area contributed by atoms with Gasteiger partial charge in [0.2, 0.25) is 0 Å². The zero-order chi connectivity index (χ0) is 23.5. The fourth-order valence-electron chi connectivity index (χ4n) is 6.01. The highest BCUT2D eigenvalue weighted by Gasteiger charge is 2.46. The van der Waals surface area contributed by atoms with Crippen molar-refractivity contribution in [3.8, 4) is 23.1 Å². The Morgan fingerprint density at radius 3 is 2.70 bits per heavy atom. The van der Waals surface area contributed by atoms with Crippen LogP contribution in [0.15, 0.2) is 35.3 Å². The van der Waals surface area contributed by atoms with E-state index < -0.39 is 0 Å².